The highest BCUT2D eigenvalue weighted by Crippen LogP contribution is 2.11. The van der Waals surface area contributed by atoms with E-state index in [1.54, 1.807) is 19.1 Å². The predicted octanol–water partition coefficient (Wildman–Crippen LogP) is 1.11. The van der Waals surface area contributed by atoms with Gasteiger partial charge in [0.2, 0.25) is 0 Å². The molecule has 6 nitrogen and oxygen atoms in total. The Kier molecular flexibility index (Phi) is 4.38. The fourth-order valence-electron chi connectivity index (χ4n) is 1.14. The van der Waals surface area contributed by atoms with Gasteiger partial charge >= 0.3 is 12.0 Å². The monoisotopic (exact) mass is 226 g/mol. The second-order valence-corrected chi connectivity index (χ2v) is 3.28. The lowest BCUT2D eigenvalue weighted by Crippen LogP contribution is -2.37. The molecule has 88 valence electrons. The van der Waals surface area contributed by atoms with Gasteiger partial charge in [-0.1, -0.05) is 0 Å². The summed E-state index contributed by atoms with van der Waals surface area (Å²) in [5.74, 6) is -0.298. The van der Waals surface area contributed by atoms with Crippen LogP contribution < -0.4 is 10.6 Å². The van der Waals surface area contributed by atoms with Crippen LogP contribution in [0.2, 0.25) is 0 Å². The van der Waals surface area contributed by atoms with Gasteiger partial charge in [-0.25, -0.2) is 4.79 Å². The van der Waals surface area contributed by atoms with Crippen molar-refractivity contribution in [2.75, 3.05) is 6.54 Å². The number of rotatable bonds is 5. The largest absolute Gasteiger partial charge is 0.481 e. The van der Waals surface area contributed by atoms with E-state index in [-0.39, 0.29) is 19.0 Å². The summed E-state index contributed by atoms with van der Waals surface area (Å²) in [6, 6.07) is 2.82. The number of amides is 2. The van der Waals surface area contributed by atoms with Crippen molar-refractivity contribution >= 4 is 12.0 Å². The number of furan rings is 1. The number of aliphatic carboxylic acids is 1. The Morgan fingerprint density at radius 1 is 1.56 bits per heavy atom. The van der Waals surface area contributed by atoms with Crippen LogP contribution in [0.5, 0.6) is 0 Å². The van der Waals surface area contributed by atoms with Crippen molar-refractivity contribution in [1.29, 1.82) is 0 Å². The molecule has 0 saturated heterocycles. The van der Waals surface area contributed by atoms with Crippen LogP contribution in [0.3, 0.4) is 0 Å². The molecule has 16 heavy (non-hydrogen) atoms. The van der Waals surface area contributed by atoms with Gasteiger partial charge in [-0.15, -0.1) is 0 Å². The molecule has 1 rings (SSSR count). The quantitative estimate of drug-likeness (QED) is 0.701. The summed E-state index contributed by atoms with van der Waals surface area (Å²) in [7, 11) is 0. The molecule has 0 aromatic carbocycles. The first-order valence-electron chi connectivity index (χ1n) is 4.89. The van der Waals surface area contributed by atoms with Crippen molar-refractivity contribution in [2.24, 2.45) is 0 Å². The molecule has 0 radical (unpaired) electrons. The summed E-state index contributed by atoms with van der Waals surface area (Å²) < 4.78 is 5.10. The molecule has 0 aliphatic rings. The third-order valence-corrected chi connectivity index (χ3v) is 1.94. The lowest BCUT2D eigenvalue weighted by atomic mass is 10.2. The number of hydrogen-bond donors (Lipinski definition) is 3. The second kappa shape index (κ2) is 5.79. The fourth-order valence-corrected chi connectivity index (χ4v) is 1.14. The topological polar surface area (TPSA) is 91.6 Å². The van der Waals surface area contributed by atoms with Gasteiger partial charge in [0.1, 0.15) is 5.76 Å². The first kappa shape index (κ1) is 12.1. The summed E-state index contributed by atoms with van der Waals surface area (Å²) in [6.45, 7) is 1.88. The molecule has 6 heteroatoms. The maximum absolute atomic E-state index is 11.3. The lowest BCUT2D eigenvalue weighted by molar-refractivity contribution is -0.136. The number of hydrogen-bond acceptors (Lipinski definition) is 3. The minimum absolute atomic E-state index is 0.0947. The Labute approximate surface area is 92.6 Å². The van der Waals surface area contributed by atoms with Gasteiger partial charge < -0.3 is 20.2 Å². The van der Waals surface area contributed by atoms with Crippen LogP contribution in [0.4, 0.5) is 4.79 Å². The Morgan fingerprint density at radius 2 is 2.31 bits per heavy atom. The molecule has 1 aromatic rings. The molecule has 0 bridgehead atoms. The molecule has 1 atom stereocenters. The van der Waals surface area contributed by atoms with Gasteiger partial charge in [0.05, 0.1) is 18.7 Å². The van der Waals surface area contributed by atoms with Crippen LogP contribution in [-0.2, 0) is 4.79 Å². The van der Waals surface area contributed by atoms with E-state index in [9.17, 15) is 9.59 Å². The van der Waals surface area contributed by atoms with E-state index < -0.39 is 12.0 Å². The maximum atomic E-state index is 11.3. The van der Waals surface area contributed by atoms with Crippen molar-refractivity contribution in [3.8, 4) is 0 Å². The predicted molar refractivity (Wildman–Crippen MR) is 55.9 cm³/mol. The summed E-state index contributed by atoms with van der Waals surface area (Å²) in [5, 5.41) is 13.4. The molecule has 1 heterocycles. The first-order chi connectivity index (χ1) is 7.59. The highest BCUT2D eigenvalue weighted by atomic mass is 16.4. The van der Waals surface area contributed by atoms with Crippen LogP contribution >= 0.6 is 0 Å². The zero-order valence-corrected chi connectivity index (χ0v) is 8.90. The maximum Gasteiger partial charge on any atom is 0.315 e. The van der Waals surface area contributed by atoms with E-state index in [1.165, 1.54) is 6.26 Å². The molecule has 0 saturated carbocycles. The van der Waals surface area contributed by atoms with E-state index in [1.807, 2.05) is 0 Å². The normalized spacial score (nSPS) is 11.8. The molecule has 1 unspecified atom stereocenters. The van der Waals surface area contributed by atoms with Crippen LogP contribution in [0, 0.1) is 0 Å². The summed E-state index contributed by atoms with van der Waals surface area (Å²) in [4.78, 5) is 21.5. The average Bonchev–Trinajstić information content (AvgIpc) is 2.69. The highest BCUT2D eigenvalue weighted by molar-refractivity contribution is 5.75. The summed E-state index contributed by atoms with van der Waals surface area (Å²) in [5.41, 5.74) is 0. The van der Waals surface area contributed by atoms with Crippen molar-refractivity contribution in [3.05, 3.63) is 24.2 Å². The molecule has 3 N–H and O–H groups in total. The number of nitrogens with one attached hydrogen (secondary N) is 2. The minimum atomic E-state index is -0.945. The molecule has 0 fully saturated rings. The zero-order chi connectivity index (χ0) is 12.0. The van der Waals surface area contributed by atoms with Gasteiger partial charge in [0.25, 0.3) is 0 Å². The van der Waals surface area contributed by atoms with Crippen LogP contribution in [-0.4, -0.2) is 23.7 Å². The Hall–Kier alpha value is -1.98. The van der Waals surface area contributed by atoms with E-state index >= 15 is 0 Å². The molecule has 0 aliphatic heterocycles. The third-order valence-electron chi connectivity index (χ3n) is 1.94. The standard InChI is InChI=1S/C10H14N2O4/c1-7(8-3-2-6-16-8)12-10(15)11-5-4-9(13)14/h2-3,6-7H,4-5H2,1H3,(H,13,14)(H2,11,12,15). The van der Waals surface area contributed by atoms with Gasteiger partial charge in [-0.2, -0.15) is 0 Å². The molecule has 0 aliphatic carbocycles. The SMILES string of the molecule is CC(NC(=O)NCCC(=O)O)c1ccco1. The van der Waals surface area contributed by atoms with E-state index in [0.717, 1.165) is 0 Å². The van der Waals surface area contributed by atoms with Crippen LogP contribution in [0.1, 0.15) is 25.1 Å². The molecular weight excluding hydrogens is 212 g/mol. The average molecular weight is 226 g/mol. The van der Waals surface area contributed by atoms with Gasteiger partial charge in [-0.05, 0) is 19.1 Å². The number of carbonyl (C=O) groups excluding carboxylic acids is 1. The number of carboxylic acid groups (broad SMARTS) is 1. The highest BCUT2D eigenvalue weighted by Gasteiger charge is 2.11. The Morgan fingerprint density at radius 3 is 2.88 bits per heavy atom. The Balaban J connectivity index is 2.26. The van der Waals surface area contributed by atoms with Gasteiger partial charge in [0.15, 0.2) is 0 Å². The van der Waals surface area contributed by atoms with Crippen LogP contribution in [0.15, 0.2) is 22.8 Å². The van der Waals surface area contributed by atoms with Gasteiger partial charge in [0, 0.05) is 6.54 Å². The van der Waals surface area contributed by atoms with Crippen molar-refractivity contribution < 1.29 is 19.1 Å². The molecule has 1 aromatic heterocycles. The third kappa shape index (κ3) is 4.04. The van der Waals surface area contributed by atoms with Gasteiger partial charge in [-0.3, -0.25) is 4.79 Å². The summed E-state index contributed by atoms with van der Waals surface area (Å²) >= 11 is 0. The Bertz CT molecular complexity index is 348. The fraction of sp³-hybridized carbons (Fsp3) is 0.400. The molecule has 2 amide bonds. The number of carboxylic acids is 1. The van der Waals surface area contributed by atoms with Crippen molar-refractivity contribution in [1.82, 2.24) is 10.6 Å². The van der Waals surface area contributed by atoms with E-state index in [2.05, 4.69) is 10.6 Å². The van der Waals surface area contributed by atoms with Crippen molar-refractivity contribution in [3.63, 3.8) is 0 Å². The zero-order valence-electron chi connectivity index (χ0n) is 8.90. The lowest BCUT2D eigenvalue weighted by Gasteiger charge is -2.11. The van der Waals surface area contributed by atoms with E-state index in [0.29, 0.717) is 5.76 Å². The second-order valence-electron chi connectivity index (χ2n) is 3.28. The van der Waals surface area contributed by atoms with Crippen LogP contribution in [0.25, 0.3) is 0 Å². The molecule has 0 spiro atoms. The first-order valence-corrected chi connectivity index (χ1v) is 4.89. The van der Waals surface area contributed by atoms with E-state index in [4.69, 9.17) is 9.52 Å². The minimum Gasteiger partial charge on any atom is -0.481 e. The number of urea groups is 1. The summed E-state index contributed by atoms with van der Waals surface area (Å²) in [6.07, 6.45) is 1.43. The smallest absolute Gasteiger partial charge is 0.315 e. The molecular formula is C10H14N2O4. The number of carbonyl (C=O) groups is 2. The van der Waals surface area contributed by atoms with Crippen molar-refractivity contribution in [2.45, 2.75) is 19.4 Å².